The summed E-state index contributed by atoms with van der Waals surface area (Å²) in [6.07, 6.45) is 0.805. The third-order valence-electron chi connectivity index (χ3n) is 2.85. The number of rotatable bonds is 5. The summed E-state index contributed by atoms with van der Waals surface area (Å²) in [4.78, 5) is 8.52. The van der Waals surface area contributed by atoms with Crippen LogP contribution in [0.5, 0.6) is 0 Å². The normalized spacial score (nSPS) is 12.8. The van der Waals surface area contributed by atoms with Crippen LogP contribution in [0.15, 0.2) is 6.07 Å². The van der Waals surface area contributed by atoms with E-state index in [1.165, 1.54) is 0 Å². The fraction of sp³-hybridized carbons (Fsp3) is 0.667. The monoisotopic (exact) mass is 222 g/mol. The van der Waals surface area contributed by atoms with E-state index in [0.717, 1.165) is 24.6 Å². The van der Waals surface area contributed by atoms with Crippen molar-refractivity contribution < 1.29 is 0 Å². The van der Waals surface area contributed by atoms with Crippen LogP contribution < -0.4 is 11.1 Å². The van der Waals surface area contributed by atoms with Crippen LogP contribution in [0.3, 0.4) is 0 Å². The molecule has 0 aliphatic carbocycles. The van der Waals surface area contributed by atoms with E-state index in [4.69, 9.17) is 5.73 Å². The molecular formula is C12H22N4. The van der Waals surface area contributed by atoms with Gasteiger partial charge in [-0.3, -0.25) is 0 Å². The molecule has 0 bridgehead atoms. The van der Waals surface area contributed by atoms with Crippen molar-refractivity contribution in [3.05, 3.63) is 11.9 Å². The van der Waals surface area contributed by atoms with Crippen LogP contribution in [-0.4, -0.2) is 16.5 Å². The molecule has 0 saturated carbocycles. The van der Waals surface area contributed by atoms with E-state index in [1.807, 2.05) is 6.92 Å². The summed E-state index contributed by atoms with van der Waals surface area (Å²) in [6.45, 7) is 9.60. The summed E-state index contributed by atoms with van der Waals surface area (Å²) < 4.78 is 0. The molecule has 0 amide bonds. The van der Waals surface area contributed by atoms with Crippen molar-refractivity contribution in [1.82, 2.24) is 9.97 Å². The van der Waals surface area contributed by atoms with Gasteiger partial charge in [0.2, 0.25) is 0 Å². The molecule has 1 aromatic rings. The van der Waals surface area contributed by atoms with Crippen molar-refractivity contribution >= 4 is 11.6 Å². The molecule has 0 aliphatic heterocycles. The first-order chi connectivity index (χ1) is 7.52. The zero-order chi connectivity index (χ0) is 12.1. The Hall–Kier alpha value is -1.32. The van der Waals surface area contributed by atoms with Crippen LogP contribution in [0.25, 0.3) is 0 Å². The Morgan fingerprint density at radius 1 is 1.31 bits per heavy atom. The second kappa shape index (κ2) is 5.68. The van der Waals surface area contributed by atoms with Crippen molar-refractivity contribution in [2.45, 2.75) is 34.1 Å². The predicted molar refractivity (Wildman–Crippen MR) is 68.3 cm³/mol. The highest BCUT2D eigenvalue weighted by Crippen LogP contribution is 2.13. The maximum atomic E-state index is 5.71. The minimum atomic E-state index is 0.534. The molecule has 0 radical (unpaired) electrons. The lowest BCUT2D eigenvalue weighted by Gasteiger charge is -2.16. The molecule has 0 spiro atoms. The Bertz CT molecular complexity index is 336. The average molecular weight is 222 g/mol. The molecule has 0 aromatic carbocycles. The Labute approximate surface area is 97.7 Å². The quantitative estimate of drug-likeness (QED) is 0.802. The van der Waals surface area contributed by atoms with Crippen LogP contribution in [0.4, 0.5) is 11.6 Å². The van der Waals surface area contributed by atoms with E-state index in [9.17, 15) is 0 Å². The van der Waals surface area contributed by atoms with Crippen molar-refractivity contribution in [3.8, 4) is 0 Å². The van der Waals surface area contributed by atoms with Gasteiger partial charge in [-0.15, -0.1) is 0 Å². The van der Waals surface area contributed by atoms with Gasteiger partial charge in [0.25, 0.3) is 0 Å². The van der Waals surface area contributed by atoms with Gasteiger partial charge in [-0.1, -0.05) is 27.7 Å². The van der Waals surface area contributed by atoms with Gasteiger partial charge in [0.05, 0.1) is 0 Å². The van der Waals surface area contributed by atoms with E-state index in [1.54, 1.807) is 6.07 Å². The van der Waals surface area contributed by atoms with E-state index in [0.29, 0.717) is 17.7 Å². The lowest BCUT2D eigenvalue weighted by molar-refractivity contribution is 0.439. The van der Waals surface area contributed by atoms with Crippen molar-refractivity contribution in [2.75, 3.05) is 17.6 Å². The molecule has 3 N–H and O–H groups in total. The van der Waals surface area contributed by atoms with Gasteiger partial charge in [0.15, 0.2) is 0 Å². The second-order valence-electron chi connectivity index (χ2n) is 4.55. The number of aryl methyl sites for hydroxylation is 1. The SMILES string of the molecule is CCc1nc(N)cc(NCC(C)C(C)C)n1. The van der Waals surface area contributed by atoms with E-state index in [2.05, 4.69) is 36.1 Å². The number of hydrogen-bond donors (Lipinski definition) is 2. The second-order valence-corrected chi connectivity index (χ2v) is 4.55. The topological polar surface area (TPSA) is 63.8 Å². The minimum absolute atomic E-state index is 0.534. The first kappa shape index (κ1) is 12.7. The predicted octanol–water partition coefficient (Wildman–Crippen LogP) is 2.33. The first-order valence-corrected chi connectivity index (χ1v) is 5.90. The van der Waals surface area contributed by atoms with Crippen molar-refractivity contribution in [2.24, 2.45) is 11.8 Å². The zero-order valence-electron chi connectivity index (χ0n) is 10.6. The van der Waals surface area contributed by atoms with E-state index in [-0.39, 0.29) is 0 Å². The highest BCUT2D eigenvalue weighted by Gasteiger charge is 2.07. The number of nitrogens with two attached hydrogens (primary N) is 1. The standard InChI is InChI=1S/C12H22N4/c1-5-11-15-10(13)6-12(16-11)14-7-9(4)8(2)3/h6,8-9H,5,7H2,1-4H3,(H3,13,14,15,16). The van der Waals surface area contributed by atoms with Crippen LogP contribution >= 0.6 is 0 Å². The fourth-order valence-electron chi connectivity index (χ4n) is 1.27. The van der Waals surface area contributed by atoms with Crippen LogP contribution in [-0.2, 0) is 6.42 Å². The summed E-state index contributed by atoms with van der Waals surface area (Å²) in [6, 6.07) is 1.78. The minimum Gasteiger partial charge on any atom is -0.384 e. The molecule has 4 nitrogen and oxygen atoms in total. The van der Waals surface area contributed by atoms with E-state index >= 15 is 0 Å². The van der Waals surface area contributed by atoms with Gasteiger partial charge in [-0.25, -0.2) is 9.97 Å². The van der Waals surface area contributed by atoms with Gasteiger partial charge in [-0.2, -0.15) is 0 Å². The third-order valence-corrected chi connectivity index (χ3v) is 2.85. The Balaban J connectivity index is 2.63. The molecule has 1 atom stereocenters. The summed E-state index contributed by atoms with van der Waals surface area (Å²) >= 11 is 0. The number of hydrogen-bond acceptors (Lipinski definition) is 4. The lowest BCUT2D eigenvalue weighted by Crippen LogP contribution is -2.17. The van der Waals surface area contributed by atoms with Crippen molar-refractivity contribution in [1.29, 1.82) is 0 Å². The highest BCUT2D eigenvalue weighted by atomic mass is 15.0. The van der Waals surface area contributed by atoms with Gasteiger partial charge in [-0.05, 0) is 11.8 Å². The van der Waals surface area contributed by atoms with Crippen molar-refractivity contribution in [3.63, 3.8) is 0 Å². The summed E-state index contributed by atoms with van der Waals surface area (Å²) in [5, 5.41) is 3.31. The Morgan fingerprint density at radius 3 is 2.56 bits per heavy atom. The molecule has 1 heterocycles. The molecule has 90 valence electrons. The highest BCUT2D eigenvalue weighted by molar-refractivity contribution is 5.44. The fourth-order valence-corrected chi connectivity index (χ4v) is 1.27. The maximum absolute atomic E-state index is 5.71. The molecule has 0 aliphatic rings. The van der Waals surface area contributed by atoms with Gasteiger partial charge in [0.1, 0.15) is 17.5 Å². The largest absolute Gasteiger partial charge is 0.384 e. The number of aromatic nitrogens is 2. The number of nitrogen functional groups attached to an aromatic ring is 1. The van der Waals surface area contributed by atoms with Gasteiger partial charge in [0, 0.05) is 19.0 Å². The average Bonchev–Trinajstić information content (AvgIpc) is 2.24. The summed E-state index contributed by atoms with van der Waals surface area (Å²) in [5.41, 5.74) is 5.71. The molecular weight excluding hydrogens is 200 g/mol. The van der Waals surface area contributed by atoms with E-state index < -0.39 is 0 Å². The van der Waals surface area contributed by atoms with Crippen LogP contribution in [0.2, 0.25) is 0 Å². The molecule has 1 rings (SSSR count). The summed E-state index contributed by atoms with van der Waals surface area (Å²) in [7, 11) is 0. The number of anilines is 2. The maximum Gasteiger partial charge on any atom is 0.132 e. The number of nitrogens with zero attached hydrogens (tertiary/aromatic N) is 2. The smallest absolute Gasteiger partial charge is 0.132 e. The van der Waals surface area contributed by atoms with Gasteiger partial charge < -0.3 is 11.1 Å². The molecule has 1 unspecified atom stereocenters. The Morgan fingerprint density at radius 2 is 2.00 bits per heavy atom. The molecule has 1 aromatic heterocycles. The zero-order valence-corrected chi connectivity index (χ0v) is 10.6. The Kier molecular flexibility index (Phi) is 4.52. The lowest BCUT2D eigenvalue weighted by atomic mass is 9.98. The van der Waals surface area contributed by atoms with Crippen LogP contribution in [0, 0.1) is 11.8 Å². The third kappa shape index (κ3) is 3.68. The number of nitrogens with one attached hydrogen (secondary N) is 1. The summed E-state index contributed by atoms with van der Waals surface area (Å²) in [5.74, 6) is 3.43. The van der Waals surface area contributed by atoms with Gasteiger partial charge >= 0.3 is 0 Å². The molecule has 16 heavy (non-hydrogen) atoms. The molecule has 4 heteroatoms. The molecule has 0 saturated heterocycles. The first-order valence-electron chi connectivity index (χ1n) is 5.90. The molecule has 0 fully saturated rings. The van der Waals surface area contributed by atoms with Crippen LogP contribution in [0.1, 0.15) is 33.5 Å².